The van der Waals surface area contributed by atoms with Crippen molar-refractivity contribution in [2.75, 3.05) is 0 Å². The molecule has 3 rings (SSSR count). The first kappa shape index (κ1) is 14.0. The van der Waals surface area contributed by atoms with Gasteiger partial charge in [0.15, 0.2) is 0 Å². The third kappa shape index (κ3) is 2.61. The van der Waals surface area contributed by atoms with Crippen LogP contribution in [0, 0.1) is 0 Å². The Morgan fingerprint density at radius 2 is 1.86 bits per heavy atom. The van der Waals surface area contributed by atoms with Gasteiger partial charge < -0.3 is 19.9 Å². The molecule has 3 aromatic rings. The van der Waals surface area contributed by atoms with Crippen molar-refractivity contribution in [3.63, 3.8) is 0 Å². The molecule has 3 N–H and O–H groups in total. The average molecular weight is 297 g/mol. The van der Waals surface area contributed by atoms with Gasteiger partial charge in [-0.3, -0.25) is 4.79 Å². The number of carbonyl (C=O) groups is 1. The summed E-state index contributed by atoms with van der Waals surface area (Å²) in [4.78, 5) is 11.0. The molecule has 0 aliphatic rings. The van der Waals surface area contributed by atoms with Crippen molar-refractivity contribution in [3.05, 3.63) is 59.8 Å². The second-order valence-electron chi connectivity index (χ2n) is 5.19. The van der Waals surface area contributed by atoms with Gasteiger partial charge in [0.25, 0.3) is 0 Å². The minimum absolute atomic E-state index is 0.0726. The number of aromatic hydroxyl groups is 2. The maximum Gasteiger partial charge on any atom is 0.307 e. The van der Waals surface area contributed by atoms with Crippen molar-refractivity contribution in [2.24, 2.45) is 0 Å². The van der Waals surface area contributed by atoms with E-state index in [1.165, 1.54) is 0 Å². The molecule has 0 bridgehead atoms. The van der Waals surface area contributed by atoms with Gasteiger partial charge in [-0.2, -0.15) is 0 Å². The largest absolute Gasteiger partial charge is 0.508 e. The molecule has 5 heteroatoms. The van der Waals surface area contributed by atoms with E-state index in [9.17, 15) is 15.0 Å². The quantitative estimate of drug-likeness (QED) is 0.691. The van der Waals surface area contributed by atoms with E-state index in [-0.39, 0.29) is 17.9 Å². The van der Waals surface area contributed by atoms with Crippen LogP contribution in [-0.2, 0) is 17.8 Å². The van der Waals surface area contributed by atoms with Crippen molar-refractivity contribution in [3.8, 4) is 11.5 Å². The number of aromatic nitrogens is 1. The molecule has 1 heterocycles. The minimum Gasteiger partial charge on any atom is -0.508 e. The molecule has 0 aliphatic heterocycles. The molecule has 0 saturated heterocycles. The summed E-state index contributed by atoms with van der Waals surface area (Å²) < 4.78 is 1.88. The first-order valence-corrected chi connectivity index (χ1v) is 6.84. The van der Waals surface area contributed by atoms with E-state index in [2.05, 4.69) is 0 Å². The highest BCUT2D eigenvalue weighted by molar-refractivity contribution is 5.92. The molecule has 112 valence electrons. The molecular formula is C17H15NO4. The Balaban J connectivity index is 2.10. The average Bonchev–Trinajstić information content (AvgIpc) is 2.77. The van der Waals surface area contributed by atoms with E-state index in [1.807, 2.05) is 16.7 Å². The van der Waals surface area contributed by atoms with Gasteiger partial charge in [0, 0.05) is 18.1 Å². The van der Waals surface area contributed by atoms with E-state index in [0.29, 0.717) is 17.5 Å². The Morgan fingerprint density at radius 3 is 2.59 bits per heavy atom. The Kier molecular flexibility index (Phi) is 3.47. The lowest BCUT2D eigenvalue weighted by Crippen LogP contribution is -2.00. The predicted octanol–water partition coefficient (Wildman–Crippen LogP) is 2.73. The summed E-state index contributed by atoms with van der Waals surface area (Å²) in [5, 5.41) is 29.2. The van der Waals surface area contributed by atoms with E-state index in [4.69, 9.17) is 5.11 Å². The topological polar surface area (TPSA) is 82.7 Å². The van der Waals surface area contributed by atoms with Gasteiger partial charge in [0.1, 0.15) is 11.5 Å². The van der Waals surface area contributed by atoms with Gasteiger partial charge in [-0.1, -0.05) is 18.2 Å². The molecule has 0 fully saturated rings. The third-order valence-electron chi connectivity index (χ3n) is 3.57. The number of carboxylic acid groups (broad SMARTS) is 1. The Bertz CT molecular complexity index is 851. The fraction of sp³-hybridized carbons (Fsp3) is 0.118. The zero-order chi connectivity index (χ0) is 15.7. The third-order valence-corrected chi connectivity index (χ3v) is 3.57. The first-order chi connectivity index (χ1) is 10.5. The number of hydrogen-bond acceptors (Lipinski definition) is 3. The van der Waals surface area contributed by atoms with Crippen LogP contribution in [0.25, 0.3) is 10.9 Å². The summed E-state index contributed by atoms with van der Waals surface area (Å²) in [5.41, 5.74) is 2.22. The fourth-order valence-electron chi connectivity index (χ4n) is 2.70. The molecule has 2 aromatic carbocycles. The van der Waals surface area contributed by atoms with E-state index in [0.717, 1.165) is 11.1 Å². The summed E-state index contributed by atoms with van der Waals surface area (Å²) in [7, 11) is 0. The van der Waals surface area contributed by atoms with Crippen LogP contribution in [0.5, 0.6) is 11.5 Å². The summed E-state index contributed by atoms with van der Waals surface area (Å²) in [6.45, 7) is 0.480. The number of carboxylic acids is 1. The minimum atomic E-state index is -0.945. The second kappa shape index (κ2) is 5.44. The smallest absolute Gasteiger partial charge is 0.307 e. The number of nitrogens with zero attached hydrogens (tertiary/aromatic N) is 1. The monoisotopic (exact) mass is 297 g/mol. The summed E-state index contributed by atoms with van der Waals surface area (Å²) >= 11 is 0. The standard InChI is InChI=1S/C17H15NO4/c19-13-4-1-3-11(7-13)9-18-10-12(8-16(21)22)17-14(18)5-2-6-15(17)20/h1-7,10,19-20H,8-9H2,(H,21,22). The second-order valence-corrected chi connectivity index (χ2v) is 5.19. The van der Waals surface area contributed by atoms with Crippen molar-refractivity contribution in [2.45, 2.75) is 13.0 Å². The van der Waals surface area contributed by atoms with Crippen LogP contribution in [0.1, 0.15) is 11.1 Å². The van der Waals surface area contributed by atoms with E-state index < -0.39 is 5.97 Å². The molecule has 0 atom stereocenters. The van der Waals surface area contributed by atoms with Gasteiger partial charge >= 0.3 is 5.97 Å². The zero-order valence-electron chi connectivity index (χ0n) is 11.7. The van der Waals surface area contributed by atoms with Crippen molar-refractivity contribution in [1.82, 2.24) is 4.57 Å². The molecular weight excluding hydrogens is 282 g/mol. The summed E-state index contributed by atoms with van der Waals surface area (Å²) in [5.74, 6) is -0.689. The lowest BCUT2D eigenvalue weighted by atomic mass is 10.1. The van der Waals surface area contributed by atoms with Crippen LogP contribution >= 0.6 is 0 Å². The van der Waals surface area contributed by atoms with Gasteiger partial charge in [-0.25, -0.2) is 0 Å². The number of aliphatic carboxylic acids is 1. The van der Waals surface area contributed by atoms with Gasteiger partial charge in [-0.05, 0) is 35.4 Å². The van der Waals surface area contributed by atoms with Gasteiger partial charge in [0.05, 0.1) is 11.9 Å². The van der Waals surface area contributed by atoms with Crippen LogP contribution < -0.4 is 0 Å². The number of rotatable bonds is 4. The van der Waals surface area contributed by atoms with Crippen LogP contribution in [0.15, 0.2) is 48.7 Å². The zero-order valence-corrected chi connectivity index (χ0v) is 11.7. The molecule has 22 heavy (non-hydrogen) atoms. The molecule has 0 spiro atoms. The Labute approximate surface area is 126 Å². The van der Waals surface area contributed by atoms with Crippen LogP contribution in [0.2, 0.25) is 0 Å². The number of benzene rings is 2. The summed E-state index contributed by atoms with van der Waals surface area (Å²) in [6, 6.07) is 12.0. The number of fused-ring (bicyclic) bond motifs is 1. The van der Waals surface area contributed by atoms with Gasteiger partial charge in [0.2, 0.25) is 0 Å². The predicted molar refractivity (Wildman–Crippen MR) is 82.2 cm³/mol. The highest BCUT2D eigenvalue weighted by atomic mass is 16.4. The molecule has 0 unspecified atom stereocenters. The first-order valence-electron chi connectivity index (χ1n) is 6.84. The highest BCUT2D eigenvalue weighted by Crippen LogP contribution is 2.30. The molecule has 1 aromatic heterocycles. The SMILES string of the molecule is O=C(O)Cc1cn(Cc2cccc(O)c2)c2cccc(O)c12. The fourth-order valence-corrected chi connectivity index (χ4v) is 2.70. The van der Waals surface area contributed by atoms with Crippen molar-refractivity contribution in [1.29, 1.82) is 0 Å². The molecule has 0 amide bonds. The summed E-state index contributed by atoms with van der Waals surface area (Å²) in [6.07, 6.45) is 1.59. The normalized spacial score (nSPS) is 10.9. The maximum absolute atomic E-state index is 11.0. The lowest BCUT2D eigenvalue weighted by molar-refractivity contribution is -0.136. The maximum atomic E-state index is 11.0. The molecule has 0 saturated carbocycles. The highest BCUT2D eigenvalue weighted by Gasteiger charge is 2.14. The van der Waals surface area contributed by atoms with Crippen LogP contribution in [0.3, 0.4) is 0 Å². The molecule has 5 nitrogen and oxygen atoms in total. The number of phenols is 2. The van der Waals surface area contributed by atoms with Crippen molar-refractivity contribution < 1.29 is 20.1 Å². The van der Waals surface area contributed by atoms with Gasteiger partial charge in [-0.15, -0.1) is 0 Å². The lowest BCUT2D eigenvalue weighted by Gasteiger charge is -2.06. The van der Waals surface area contributed by atoms with Crippen molar-refractivity contribution >= 4 is 16.9 Å². The Hall–Kier alpha value is -2.95. The van der Waals surface area contributed by atoms with E-state index >= 15 is 0 Å². The Morgan fingerprint density at radius 1 is 1.09 bits per heavy atom. The number of phenolic OH excluding ortho intramolecular Hbond substituents is 2. The number of hydrogen-bond donors (Lipinski definition) is 3. The van der Waals surface area contributed by atoms with E-state index in [1.54, 1.807) is 36.5 Å². The van der Waals surface area contributed by atoms with Crippen LogP contribution in [-0.4, -0.2) is 25.9 Å². The molecule has 0 aliphatic carbocycles. The van der Waals surface area contributed by atoms with Crippen LogP contribution in [0.4, 0.5) is 0 Å². The molecule has 0 radical (unpaired) electrons.